The van der Waals surface area contributed by atoms with Gasteiger partial charge in [0.1, 0.15) is 5.03 Å². The molecule has 1 saturated heterocycles. The lowest BCUT2D eigenvalue weighted by molar-refractivity contribution is 0.406. The third-order valence-corrected chi connectivity index (χ3v) is 3.41. The molecule has 0 saturated carbocycles. The SMILES string of the molecule is CSc1ncccc1C1CCCCN1. The molecule has 1 atom stereocenters. The molecule has 0 spiro atoms. The Morgan fingerprint density at radius 2 is 2.43 bits per heavy atom. The van der Waals surface area contributed by atoms with Gasteiger partial charge in [-0.25, -0.2) is 4.98 Å². The molecular formula is C11H16N2S. The lowest BCUT2D eigenvalue weighted by atomic mass is 9.99. The number of hydrogen-bond donors (Lipinski definition) is 1. The number of nitrogens with one attached hydrogen (secondary N) is 1. The number of aromatic nitrogens is 1. The van der Waals surface area contributed by atoms with Gasteiger partial charge >= 0.3 is 0 Å². The predicted molar refractivity (Wildman–Crippen MR) is 60.6 cm³/mol. The van der Waals surface area contributed by atoms with E-state index in [1.165, 1.54) is 29.9 Å². The molecule has 1 unspecified atom stereocenters. The average Bonchev–Trinajstić information content (AvgIpc) is 2.30. The number of piperidine rings is 1. The molecule has 0 radical (unpaired) electrons. The topological polar surface area (TPSA) is 24.9 Å². The van der Waals surface area contributed by atoms with Gasteiger partial charge in [0.25, 0.3) is 0 Å². The van der Waals surface area contributed by atoms with E-state index in [9.17, 15) is 0 Å². The first-order chi connectivity index (χ1) is 6.92. The number of nitrogens with zero attached hydrogens (tertiary/aromatic N) is 1. The van der Waals surface area contributed by atoms with Gasteiger partial charge in [0, 0.05) is 17.8 Å². The first-order valence-electron chi connectivity index (χ1n) is 5.14. The fourth-order valence-corrected chi connectivity index (χ4v) is 2.57. The molecule has 76 valence electrons. The maximum Gasteiger partial charge on any atom is 0.100 e. The summed E-state index contributed by atoms with van der Waals surface area (Å²) in [5.41, 5.74) is 1.37. The van der Waals surface area contributed by atoms with Gasteiger partial charge < -0.3 is 5.32 Å². The minimum atomic E-state index is 0.528. The second kappa shape index (κ2) is 4.80. The molecular weight excluding hydrogens is 192 g/mol. The summed E-state index contributed by atoms with van der Waals surface area (Å²) in [5, 5.41) is 4.73. The first kappa shape index (κ1) is 9.99. The summed E-state index contributed by atoms with van der Waals surface area (Å²) >= 11 is 1.74. The van der Waals surface area contributed by atoms with Crippen molar-refractivity contribution in [2.75, 3.05) is 12.8 Å². The summed E-state index contributed by atoms with van der Waals surface area (Å²) in [7, 11) is 0. The van der Waals surface area contributed by atoms with Crippen LogP contribution in [0, 0.1) is 0 Å². The normalized spacial score (nSPS) is 22.2. The van der Waals surface area contributed by atoms with E-state index in [1.807, 2.05) is 12.3 Å². The third kappa shape index (κ3) is 2.10. The molecule has 1 fully saturated rings. The molecule has 0 aliphatic carbocycles. The Morgan fingerprint density at radius 3 is 3.14 bits per heavy atom. The van der Waals surface area contributed by atoms with Crippen molar-refractivity contribution >= 4 is 11.8 Å². The van der Waals surface area contributed by atoms with Crippen molar-refractivity contribution in [1.82, 2.24) is 10.3 Å². The molecule has 2 heterocycles. The molecule has 14 heavy (non-hydrogen) atoms. The fourth-order valence-electron chi connectivity index (χ4n) is 1.96. The van der Waals surface area contributed by atoms with Crippen LogP contribution in [0.25, 0.3) is 0 Å². The van der Waals surface area contributed by atoms with E-state index in [4.69, 9.17) is 0 Å². The molecule has 0 bridgehead atoms. The van der Waals surface area contributed by atoms with E-state index in [2.05, 4.69) is 22.6 Å². The Bertz CT molecular complexity index is 295. The van der Waals surface area contributed by atoms with E-state index in [0.29, 0.717) is 6.04 Å². The molecule has 1 N–H and O–H groups in total. The standard InChI is InChI=1S/C11H16N2S/c1-14-11-9(5-4-8-13-11)10-6-2-3-7-12-10/h4-5,8,10,12H,2-3,6-7H2,1H3. The van der Waals surface area contributed by atoms with Crippen molar-refractivity contribution in [3.63, 3.8) is 0 Å². The first-order valence-corrected chi connectivity index (χ1v) is 6.36. The maximum absolute atomic E-state index is 4.40. The zero-order valence-electron chi connectivity index (χ0n) is 8.49. The zero-order chi connectivity index (χ0) is 9.80. The highest BCUT2D eigenvalue weighted by atomic mass is 32.2. The molecule has 1 aliphatic rings. The van der Waals surface area contributed by atoms with Crippen LogP contribution in [0.5, 0.6) is 0 Å². The van der Waals surface area contributed by atoms with Gasteiger partial charge in [-0.2, -0.15) is 0 Å². The second-order valence-electron chi connectivity index (χ2n) is 3.60. The lowest BCUT2D eigenvalue weighted by Crippen LogP contribution is -2.27. The molecule has 0 amide bonds. The van der Waals surface area contributed by atoms with Gasteiger partial charge in [-0.05, 0) is 31.7 Å². The van der Waals surface area contributed by atoms with Gasteiger partial charge in [0.2, 0.25) is 0 Å². The van der Waals surface area contributed by atoms with Crippen molar-refractivity contribution in [1.29, 1.82) is 0 Å². The highest BCUT2D eigenvalue weighted by Crippen LogP contribution is 2.28. The van der Waals surface area contributed by atoms with Crippen molar-refractivity contribution in [3.8, 4) is 0 Å². The van der Waals surface area contributed by atoms with Crippen LogP contribution in [0.3, 0.4) is 0 Å². The van der Waals surface area contributed by atoms with Crippen LogP contribution in [-0.4, -0.2) is 17.8 Å². The summed E-state index contributed by atoms with van der Waals surface area (Å²) in [4.78, 5) is 4.40. The van der Waals surface area contributed by atoms with Crippen LogP contribution in [0.1, 0.15) is 30.9 Å². The minimum Gasteiger partial charge on any atom is -0.310 e. The Balaban J connectivity index is 2.20. The zero-order valence-corrected chi connectivity index (χ0v) is 9.31. The van der Waals surface area contributed by atoms with Gasteiger partial charge in [-0.15, -0.1) is 11.8 Å². The molecule has 0 aromatic carbocycles. The van der Waals surface area contributed by atoms with E-state index in [1.54, 1.807) is 11.8 Å². The highest BCUT2D eigenvalue weighted by molar-refractivity contribution is 7.98. The molecule has 3 heteroatoms. The van der Waals surface area contributed by atoms with Crippen LogP contribution in [-0.2, 0) is 0 Å². The molecule has 1 aliphatic heterocycles. The quantitative estimate of drug-likeness (QED) is 0.756. The van der Waals surface area contributed by atoms with Gasteiger partial charge in [0.05, 0.1) is 0 Å². The molecule has 1 aromatic rings. The Kier molecular flexibility index (Phi) is 3.43. The highest BCUT2D eigenvalue weighted by Gasteiger charge is 2.17. The molecule has 2 nitrogen and oxygen atoms in total. The number of pyridine rings is 1. The van der Waals surface area contributed by atoms with Crippen LogP contribution in [0.4, 0.5) is 0 Å². The van der Waals surface area contributed by atoms with Crippen LogP contribution < -0.4 is 5.32 Å². The molecule has 1 aromatic heterocycles. The van der Waals surface area contributed by atoms with E-state index < -0.39 is 0 Å². The van der Waals surface area contributed by atoms with Crippen LogP contribution >= 0.6 is 11.8 Å². The summed E-state index contributed by atoms with van der Waals surface area (Å²) in [6, 6.07) is 4.76. The van der Waals surface area contributed by atoms with Gasteiger partial charge in [0.15, 0.2) is 0 Å². The van der Waals surface area contributed by atoms with Gasteiger partial charge in [-0.3, -0.25) is 0 Å². The Labute approximate surface area is 89.5 Å². The third-order valence-electron chi connectivity index (χ3n) is 2.68. The van der Waals surface area contributed by atoms with Crippen molar-refractivity contribution in [2.24, 2.45) is 0 Å². The van der Waals surface area contributed by atoms with Crippen molar-refractivity contribution < 1.29 is 0 Å². The minimum absolute atomic E-state index is 0.528. The smallest absolute Gasteiger partial charge is 0.100 e. The lowest BCUT2D eigenvalue weighted by Gasteiger charge is -2.24. The van der Waals surface area contributed by atoms with Crippen molar-refractivity contribution in [2.45, 2.75) is 30.3 Å². The van der Waals surface area contributed by atoms with E-state index in [-0.39, 0.29) is 0 Å². The monoisotopic (exact) mass is 208 g/mol. The summed E-state index contributed by atoms with van der Waals surface area (Å²) in [6.07, 6.45) is 7.86. The van der Waals surface area contributed by atoms with E-state index in [0.717, 1.165) is 6.54 Å². The van der Waals surface area contributed by atoms with Crippen LogP contribution in [0.2, 0.25) is 0 Å². The van der Waals surface area contributed by atoms with Gasteiger partial charge in [-0.1, -0.05) is 12.5 Å². The predicted octanol–water partition coefficient (Wildman–Crippen LogP) is 2.62. The van der Waals surface area contributed by atoms with E-state index >= 15 is 0 Å². The Morgan fingerprint density at radius 1 is 1.50 bits per heavy atom. The molecule has 2 rings (SSSR count). The second-order valence-corrected chi connectivity index (χ2v) is 4.40. The summed E-state index contributed by atoms with van der Waals surface area (Å²) in [6.45, 7) is 1.15. The summed E-state index contributed by atoms with van der Waals surface area (Å²) < 4.78 is 0. The fraction of sp³-hybridized carbons (Fsp3) is 0.545. The summed E-state index contributed by atoms with van der Waals surface area (Å²) in [5.74, 6) is 0. The number of thioether (sulfide) groups is 1. The largest absolute Gasteiger partial charge is 0.310 e. The maximum atomic E-state index is 4.40. The average molecular weight is 208 g/mol. The Hall–Kier alpha value is -0.540. The van der Waals surface area contributed by atoms with Crippen molar-refractivity contribution in [3.05, 3.63) is 23.9 Å². The number of rotatable bonds is 2. The number of hydrogen-bond acceptors (Lipinski definition) is 3. The van der Waals surface area contributed by atoms with Crippen LogP contribution in [0.15, 0.2) is 23.4 Å².